The SMILES string of the molecule is CCCOc1cccc(C2C(C(=O)Nc3cccc(C)c3C)=C(C)Nc3nc(SCc4ccccc4F)nn32)c1. The van der Waals surface area contributed by atoms with Crippen molar-refractivity contribution in [2.75, 3.05) is 17.2 Å². The predicted molar refractivity (Wildman–Crippen MR) is 157 cm³/mol. The normalized spacial score (nSPS) is 14.5. The van der Waals surface area contributed by atoms with Crippen LogP contribution >= 0.6 is 11.8 Å². The van der Waals surface area contributed by atoms with E-state index in [0.717, 1.165) is 34.5 Å². The average Bonchev–Trinajstić information content (AvgIpc) is 3.35. The minimum Gasteiger partial charge on any atom is -0.494 e. The molecule has 0 saturated carbocycles. The molecule has 40 heavy (non-hydrogen) atoms. The summed E-state index contributed by atoms with van der Waals surface area (Å²) in [5.41, 5.74) is 5.49. The summed E-state index contributed by atoms with van der Waals surface area (Å²) >= 11 is 1.34. The molecule has 0 bridgehead atoms. The first kappa shape index (κ1) is 27.5. The van der Waals surface area contributed by atoms with Crippen molar-refractivity contribution in [3.05, 3.63) is 106 Å². The molecule has 0 aliphatic carbocycles. The number of nitrogens with one attached hydrogen (secondary N) is 2. The van der Waals surface area contributed by atoms with Crippen molar-refractivity contribution >= 4 is 29.3 Å². The maximum absolute atomic E-state index is 14.2. The van der Waals surface area contributed by atoms with Crippen LogP contribution in [-0.2, 0) is 10.5 Å². The van der Waals surface area contributed by atoms with Crippen LogP contribution in [0.1, 0.15) is 48.6 Å². The van der Waals surface area contributed by atoms with Gasteiger partial charge in [0.1, 0.15) is 17.6 Å². The summed E-state index contributed by atoms with van der Waals surface area (Å²) in [6.07, 6.45) is 0.885. The first-order valence-corrected chi connectivity index (χ1v) is 14.2. The van der Waals surface area contributed by atoms with E-state index in [2.05, 4.69) is 22.5 Å². The number of fused-ring (bicyclic) bond motifs is 1. The number of hydrogen-bond donors (Lipinski definition) is 2. The van der Waals surface area contributed by atoms with Gasteiger partial charge in [0, 0.05) is 17.1 Å². The molecule has 1 unspecified atom stereocenters. The number of aromatic nitrogens is 3. The van der Waals surface area contributed by atoms with E-state index in [9.17, 15) is 9.18 Å². The Morgan fingerprint density at radius 2 is 1.90 bits per heavy atom. The molecule has 1 aliphatic heterocycles. The van der Waals surface area contributed by atoms with E-state index in [4.69, 9.17) is 9.84 Å². The van der Waals surface area contributed by atoms with Crippen LogP contribution in [0.3, 0.4) is 0 Å². The number of ether oxygens (including phenoxy) is 1. The zero-order valence-electron chi connectivity index (χ0n) is 23.0. The fraction of sp³-hybridized carbons (Fsp3) is 0.258. The first-order chi connectivity index (χ1) is 19.4. The summed E-state index contributed by atoms with van der Waals surface area (Å²) in [5, 5.41) is 11.6. The highest BCUT2D eigenvalue weighted by Gasteiger charge is 2.35. The van der Waals surface area contributed by atoms with E-state index in [1.807, 2.05) is 69.3 Å². The van der Waals surface area contributed by atoms with E-state index in [1.54, 1.807) is 16.8 Å². The molecule has 4 aromatic rings. The highest BCUT2D eigenvalue weighted by atomic mass is 32.2. The molecule has 0 radical (unpaired) electrons. The zero-order valence-corrected chi connectivity index (χ0v) is 23.8. The molecule has 206 valence electrons. The number of anilines is 2. The largest absolute Gasteiger partial charge is 0.494 e. The second kappa shape index (κ2) is 12.0. The lowest BCUT2D eigenvalue weighted by Crippen LogP contribution is -2.31. The van der Waals surface area contributed by atoms with Crippen molar-refractivity contribution in [2.24, 2.45) is 0 Å². The molecule has 1 aliphatic rings. The van der Waals surface area contributed by atoms with Crippen molar-refractivity contribution in [2.45, 2.75) is 51.1 Å². The summed E-state index contributed by atoms with van der Waals surface area (Å²) in [6, 6.07) is 19.7. The van der Waals surface area contributed by atoms with Crippen LogP contribution < -0.4 is 15.4 Å². The number of halogens is 1. The van der Waals surface area contributed by atoms with Gasteiger partial charge in [-0.25, -0.2) is 9.07 Å². The van der Waals surface area contributed by atoms with Crippen LogP contribution in [0.15, 0.2) is 83.2 Å². The lowest BCUT2D eigenvalue weighted by Gasteiger charge is -2.29. The van der Waals surface area contributed by atoms with Crippen LogP contribution in [0.4, 0.5) is 16.0 Å². The minimum absolute atomic E-state index is 0.231. The van der Waals surface area contributed by atoms with Gasteiger partial charge in [0.25, 0.3) is 5.91 Å². The number of amides is 1. The average molecular weight is 558 g/mol. The summed E-state index contributed by atoms with van der Waals surface area (Å²) in [7, 11) is 0. The molecule has 3 aromatic carbocycles. The third kappa shape index (κ3) is 5.74. The van der Waals surface area contributed by atoms with Gasteiger partial charge in [-0.15, -0.1) is 5.10 Å². The third-order valence-electron chi connectivity index (χ3n) is 6.89. The fourth-order valence-electron chi connectivity index (χ4n) is 4.62. The molecular weight excluding hydrogens is 525 g/mol. The Bertz CT molecular complexity index is 1580. The summed E-state index contributed by atoms with van der Waals surface area (Å²) in [5.74, 6) is 1.13. The van der Waals surface area contributed by atoms with Gasteiger partial charge >= 0.3 is 0 Å². The van der Waals surface area contributed by atoms with Gasteiger partial charge in [-0.05, 0) is 73.7 Å². The second-order valence-corrected chi connectivity index (χ2v) is 10.7. The number of nitrogens with zero attached hydrogens (tertiary/aromatic N) is 3. The Labute approximate surface area is 237 Å². The fourth-order valence-corrected chi connectivity index (χ4v) is 5.44. The third-order valence-corrected chi connectivity index (χ3v) is 7.78. The number of aryl methyl sites for hydroxylation is 1. The van der Waals surface area contributed by atoms with Gasteiger partial charge in [-0.2, -0.15) is 4.98 Å². The van der Waals surface area contributed by atoms with Crippen molar-refractivity contribution in [1.82, 2.24) is 14.8 Å². The number of carbonyl (C=O) groups is 1. The lowest BCUT2D eigenvalue weighted by atomic mass is 9.94. The number of allylic oxidation sites excluding steroid dienone is 1. The van der Waals surface area contributed by atoms with Gasteiger partial charge < -0.3 is 15.4 Å². The number of hydrogen-bond acceptors (Lipinski definition) is 6. The van der Waals surface area contributed by atoms with Crippen LogP contribution in [0.25, 0.3) is 0 Å². The van der Waals surface area contributed by atoms with Gasteiger partial charge in [-0.3, -0.25) is 4.79 Å². The maximum Gasteiger partial charge on any atom is 0.255 e. The quantitative estimate of drug-likeness (QED) is 0.215. The standard InChI is InChI=1S/C31H32FN5O2S/c1-5-16-39-24-13-9-12-22(17-24)28-27(29(38)34-26-15-8-10-19(2)20(26)3)21(4)33-30-35-31(36-37(28)30)40-18-23-11-6-7-14-25(23)32/h6-15,17,28H,5,16,18H2,1-4H3,(H,34,38)(H,33,35,36). The monoisotopic (exact) mass is 557 g/mol. The summed E-state index contributed by atoms with van der Waals surface area (Å²) < 4.78 is 21.9. The lowest BCUT2D eigenvalue weighted by molar-refractivity contribution is -0.113. The summed E-state index contributed by atoms with van der Waals surface area (Å²) in [6.45, 7) is 8.53. The van der Waals surface area contributed by atoms with E-state index >= 15 is 0 Å². The second-order valence-electron chi connectivity index (χ2n) is 9.73. The van der Waals surface area contributed by atoms with E-state index in [0.29, 0.717) is 40.3 Å². The minimum atomic E-state index is -0.554. The summed E-state index contributed by atoms with van der Waals surface area (Å²) in [4.78, 5) is 18.6. The van der Waals surface area contributed by atoms with Crippen molar-refractivity contribution in [1.29, 1.82) is 0 Å². The van der Waals surface area contributed by atoms with Crippen LogP contribution in [0.5, 0.6) is 5.75 Å². The highest BCUT2D eigenvalue weighted by Crippen LogP contribution is 2.38. The van der Waals surface area contributed by atoms with Crippen molar-refractivity contribution in [3.8, 4) is 5.75 Å². The van der Waals surface area contributed by atoms with Crippen LogP contribution in [0, 0.1) is 19.7 Å². The molecule has 2 heterocycles. The Balaban J connectivity index is 1.52. The Hall–Kier alpha value is -4.11. The number of thioether (sulfide) groups is 1. The van der Waals surface area contributed by atoms with Gasteiger partial charge in [0.15, 0.2) is 0 Å². The molecule has 7 nitrogen and oxygen atoms in total. The maximum atomic E-state index is 14.2. The Morgan fingerprint density at radius 1 is 1.10 bits per heavy atom. The molecule has 0 saturated heterocycles. The van der Waals surface area contributed by atoms with Crippen LogP contribution in [0.2, 0.25) is 0 Å². The van der Waals surface area contributed by atoms with Crippen molar-refractivity contribution in [3.63, 3.8) is 0 Å². The Kier molecular flexibility index (Phi) is 8.21. The molecule has 0 fully saturated rings. The first-order valence-electron chi connectivity index (χ1n) is 13.3. The van der Waals surface area contributed by atoms with Gasteiger partial charge in [0.05, 0.1) is 12.2 Å². The molecule has 9 heteroatoms. The molecular formula is C31H32FN5O2S. The molecule has 5 rings (SSSR count). The topological polar surface area (TPSA) is 81.1 Å². The smallest absolute Gasteiger partial charge is 0.255 e. The highest BCUT2D eigenvalue weighted by molar-refractivity contribution is 7.98. The number of benzene rings is 3. The molecule has 2 N–H and O–H groups in total. The van der Waals surface area contributed by atoms with Crippen molar-refractivity contribution < 1.29 is 13.9 Å². The number of carbonyl (C=O) groups excluding carboxylic acids is 1. The molecule has 1 amide bonds. The van der Waals surface area contributed by atoms with Gasteiger partial charge in [-0.1, -0.05) is 61.2 Å². The van der Waals surface area contributed by atoms with Crippen LogP contribution in [-0.4, -0.2) is 27.3 Å². The predicted octanol–water partition coefficient (Wildman–Crippen LogP) is 7.04. The molecule has 1 atom stereocenters. The molecule has 1 aromatic heterocycles. The van der Waals surface area contributed by atoms with Gasteiger partial charge in [0.2, 0.25) is 11.1 Å². The number of rotatable bonds is 9. The molecule has 0 spiro atoms. The van der Waals surface area contributed by atoms with E-state index in [1.165, 1.54) is 17.8 Å². The van der Waals surface area contributed by atoms with E-state index < -0.39 is 6.04 Å². The zero-order chi connectivity index (χ0) is 28.2. The Morgan fingerprint density at radius 3 is 2.70 bits per heavy atom. The van der Waals surface area contributed by atoms with E-state index in [-0.39, 0.29) is 11.7 Å².